The van der Waals surface area contributed by atoms with Crippen molar-refractivity contribution in [2.45, 2.75) is 25.8 Å². The SMILES string of the molecule is CC1CCC(c2cccc(Br)c2)N(C(=O)O)C1. The van der Waals surface area contributed by atoms with E-state index in [0.29, 0.717) is 12.5 Å². The van der Waals surface area contributed by atoms with Crippen molar-refractivity contribution < 1.29 is 9.90 Å². The first-order valence-corrected chi connectivity index (χ1v) is 6.62. The van der Waals surface area contributed by atoms with Gasteiger partial charge in [-0.15, -0.1) is 0 Å². The summed E-state index contributed by atoms with van der Waals surface area (Å²) >= 11 is 3.43. The standard InChI is InChI=1S/C13H16BrNO2/c1-9-5-6-12(15(8-9)13(16)17)10-3-2-4-11(14)7-10/h2-4,7,9,12H,5-6,8H2,1H3,(H,16,17). The van der Waals surface area contributed by atoms with Crippen LogP contribution in [0.25, 0.3) is 0 Å². The van der Waals surface area contributed by atoms with Gasteiger partial charge in [0.05, 0.1) is 6.04 Å². The van der Waals surface area contributed by atoms with Crippen molar-refractivity contribution in [1.29, 1.82) is 0 Å². The first kappa shape index (κ1) is 12.4. The van der Waals surface area contributed by atoms with E-state index in [0.717, 1.165) is 22.9 Å². The fourth-order valence-electron chi connectivity index (χ4n) is 2.42. The number of amides is 1. The number of piperidine rings is 1. The first-order valence-electron chi connectivity index (χ1n) is 5.83. The molecule has 0 spiro atoms. The van der Waals surface area contributed by atoms with Gasteiger partial charge in [0.1, 0.15) is 0 Å². The van der Waals surface area contributed by atoms with Gasteiger partial charge >= 0.3 is 6.09 Å². The van der Waals surface area contributed by atoms with Gasteiger partial charge in [-0.25, -0.2) is 4.79 Å². The van der Waals surface area contributed by atoms with Crippen LogP contribution in [0.4, 0.5) is 4.79 Å². The molecule has 2 atom stereocenters. The summed E-state index contributed by atoms with van der Waals surface area (Å²) in [6.07, 6.45) is 1.17. The van der Waals surface area contributed by atoms with Crippen molar-refractivity contribution in [1.82, 2.24) is 4.90 Å². The third kappa shape index (κ3) is 2.80. The smallest absolute Gasteiger partial charge is 0.407 e. The van der Waals surface area contributed by atoms with Crippen LogP contribution >= 0.6 is 15.9 Å². The highest BCUT2D eigenvalue weighted by Crippen LogP contribution is 2.34. The van der Waals surface area contributed by atoms with Crippen LogP contribution in [0.1, 0.15) is 31.4 Å². The zero-order chi connectivity index (χ0) is 12.4. The lowest BCUT2D eigenvalue weighted by molar-refractivity contribution is 0.0900. The molecule has 2 unspecified atom stereocenters. The fraction of sp³-hybridized carbons (Fsp3) is 0.462. The highest BCUT2D eigenvalue weighted by molar-refractivity contribution is 9.10. The summed E-state index contributed by atoms with van der Waals surface area (Å²) in [5.41, 5.74) is 1.08. The van der Waals surface area contributed by atoms with E-state index in [2.05, 4.69) is 22.9 Å². The minimum Gasteiger partial charge on any atom is -0.465 e. The summed E-state index contributed by atoms with van der Waals surface area (Å²) in [7, 11) is 0. The van der Waals surface area contributed by atoms with E-state index in [1.165, 1.54) is 0 Å². The molecule has 1 aliphatic rings. The predicted molar refractivity (Wildman–Crippen MR) is 70.0 cm³/mol. The lowest BCUT2D eigenvalue weighted by Gasteiger charge is -2.37. The van der Waals surface area contributed by atoms with Crippen molar-refractivity contribution in [2.75, 3.05) is 6.54 Å². The molecule has 2 rings (SSSR count). The minimum atomic E-state index is -0.818. The second-order valence-corrected chi connectivity index (χ2v) is 5.60. The molecule has 0 radical (unpaired) electrons. The predicted octanol–water partition coefficient (Wildman–Crippen LogP) is 3.90. The number of likely N-dealkylation sites (tertiary alicyclic amines) is 1. The average molecular weight is 298 g/mol. The van der Waals surface area contributed by atoms with E-state index in [9.17, 15) is 9.90 Å². The van der Waals surface area contributed by atoms with Gasteiger partial charge in [-0.2, -0.15) is 0 Å². The Balaban J connectivity index is 2.26. The van der Waals surface area contributed by atoms with E-state index in [1.807, 2.05) is 24.3 Å². The number of nitrogens with zero attached hydrogens (tertiary/aromatic N) is 1. The number of benzene rings is 1. The van der Waals surface area contributed by atoms with Crippen LogP contribution in [0, 0.1) is 5.92 Å². The maximum atomic E-state index is 11.3. The van der Waals surface area contributed by atoms with E-state index >= 15 is 0 Å². The van der Waals surface area contributed by atoms with Crippen LogP contribution in [-0.2, 0) is 0 Å². The molecular formula is C13H16BrNO2. The molecule has 0 bridgehead atoms. The van der Waals surface area contributed by atoms with Crippen LogP contribution in [0.2, 0.25) is 0 Å². The lowest BCUT2D eigenvalue weighted by atomic mass is 9.90. The molecule has 92 valence electrons. The molecule has 1 heterocycles. The zero-order valence-corrected chi connectivity index (χ0v) is 11.4. The van der Waals surface area contributed by atoms with E-state index in [4.69, 9.17) is 0 Å². The summed E-state index contributed by atoms with van der Waals surface area (Å²) in [6, 6.07) is 7.93. The van der Waals surface area contributed by atoms with E-state index < -0.39 is 6.09 Å². The van der Waals surface area contributed by atoms with Gasteiger partial charge in [-0.3, -0.25) is 0 Å². The van der Waals surface area contributed by atoms with Gasteiger partial charge in [0.2, 0.25) is 0 Å². The number of rotatable bonds is 1. The lowest BCUT2D eigenvalue weighted by Crippen LogP contribution is -2.40. The first-order chi connectivity index (χ1) is 8.08. The van der Waals surface area contributed by atoms with Crippen LogP contribution in [0.15, 0.2) is 28.7 Å². The van der Waals surface area contributed by atoms with Crippen LogP contribution in [0.3, 0.4) is 0 Å². The van der Waals surface area contributed by atoms with Crippen molar-refractivity contribution in [3.05, 3.63) is 34.3 Å². The normalized spacial score (nSPS) is 24.7. The Morgan fingerprint density at radius 1 is 1.47 bits per heavy atom. The molecular weight excluding hydrogens is 282 g/mol. The minimum absolute atomic E-state index is 0.00111. The highest BCUT2D eigenvalue weighted by Gasteiger charge is 2.30. The van der Waals surface area contributed by atoms with Gasteiger partial charge in [0.15, 0.2) is 0 Å². The quantitative estimate of drug-likeness (QED) is 0.854. The zero-order valence-electron chi connectivity index (χ0n) is 9.77. The Labute approximate surface area is 110 Å². The van der Waals surface area contributed by atoms with Crippen LogP contribution in [0.5, 0.6) is 0 Å². The molecule has 0 saturated carbocycles. The molecule has 0 aliphatic carbocycles. The van der Waals surface area contributed by atoms with Gasteiger partial charge in [-0.1, -0.05) is 35.0 Å². The Kier molecular flexibility index (Phi) is 3.72. The summed E-state index contributed by atoms with van der Waals surface area (Å²) < 4.78 is 0.999. The maximum Gasteiger partial charge on any atom is 0.407 e. The Bertz CT molecular complexity index is 422. The van der Waals surface area contributed by atoms with Crippen LogP contribution < -0.4 is 0 Å². The van der Waals surface area contributed by atoms with Gasteiger partial charge in [-0.05, 0) is 36.5 Å². The fourth-order valence-corrected chi connectivity index (χ4v) is 2.84. The molecule has 1 aliphatic heterocycles. The number of hydrogen-bond donors (Lipinski definition) is 1. The summed E-state index contributed by atoms with van der Waals surface area (Å²) in [6.45, 7) is 2.74. The second kappa shape index (κ2) is 5.08. The molecule has 4 heteroatoms. The molecule has 0 aromatic heterocycles. The third-order valence-corrected chi connectivity index (χ3v) is 3.79. The largest absolute Gasteiger partial charge is 0.465 e. The van der Waals surface area contributed by atoms with E-state index in [-0.39, 0.29) is 6.04 Å². The topological polar surface area (TPSA) is 40.5 Å². The molecule has 17 heavy (non-hydrogen) atoms. The molecule has 1 amide bonds. The molecule has 1 aromatic rings. The highest BCUT2D eigenvalue weighted by atomic mass is 79.9. The van der Waals surface area contributed by atoms with Crippen molar-refractivity contribution in [3.8, 4) is 0 Å². The number of hydrogen-bond acceptors (Lipinski definition) is 1. The van der Waals surface area contributed by atoms with Crippen LogP contribution in [-0.4, -0.2) is 22.6 Å². The van der Waals surface area contributed by atoms with E-state index in [1.54, 1.807) is 4.90 Å². The van der Waals surface area contributed by atoms with Gasteiger partial charge in [0.25, 0.3) is 0 Å². The Morgan fingerprint density at radius 3 is 2.88 bits per heavy atom. The molecule has 1 N–H and O–H groups in total. The molecule has 1 aromatic carbocycles. The molecule has 1 saturated heterocycles. The molecule has 3 nitrogen and oxygen atoms in total. The molecule has 1 fully saturated rings. The van der Waals surface area contributed by atoms with Crippen molar-refractivity contribution in [2.24, 2.45) is 5.92 Å². The van der Waals surface area contributed by atoms with Crippen molar-refractivity contribution >= 4 is 22.0 Å². The second-order valence-electron chi connectivity index (χ2n) is 4.69. The summed E-state index contributed by atoms with van der Waals surface area (Å²) in [4.78, 5) is 12.8. The third-order valence-electron chi connectivity index (χ3n) is 3.30. The maximum absolute atomic E-state index is 11.3. The average Bonchev–Trinajstić information content (AvgIpc) is 2.28. The van der Waals surface area contributed by atoms with Gasteiger partial charge in [0, 0.05) is 11.0 Å². The summed E-state index contributed by atoms with van der Waals surface area (Å²) in [5, 5.41) is 9.27. The number of halogens is 1. The number of carboxylic acid groups (broad SMARTS) is 1. The summed E-state index contributed by atoms with van der Waals surface area (Å²) in [5.74, 6) is 0.453. The van der Waals surface area contributed by atoms with Crippen molar-refractivity contribution in [3.63, 3.8) is 0 Å². The monoisotopic (exact) mass is 297 g/mol. The Morgan fingerprint density at radius 2 is 2.24 bits per heavy atom. The Hall–Kier alpha value is -1.03. The van der Waals surface area contributed by atoms with Gasteiger partial charge < -0.3 is 10.0 Å². The number of carbonyl (C=O) groups is 1.